The van der Waals surface area contributed by atoms with E-state index in [2.05, 4.69) is 23.3 Å². The van der Waals surface area contributed by atoms with Crippen LogP contribution in [0.5, 0.6) is 0 Å². The van der Waals surface area contributed by atoms with E-state index in [-0.39, 0.29) is 0 Å². The van der Waals surface area contributed by atoms with Crippen molar-refractivity contribution in [3.05, 3.63) is 45.8 Å². The lowest BCUT2D eigenvalue weighted by Crippen LogP contribution is -1.16. The molecule has 0 N–H and O–H groups in total. The summed E-state index contributed by atoms with van der Waals surface area (Å²) in [4.78, 5) is 0. The van der Waals surface area contributed by atoms with Gasteiger partial charge in [-0.1, -0.05) is 24.3 Å². The van der Waals surface area contributed by atoms with Crippen LogP contribution in [0.25, 0.3) is 0 Å². The fourth-order valence-electron chi connectivity index (χ4n) is 0.454. The van der Waals surface area contributed by atoms with E-state index in [1.165, 1.54) is 0 Å². The third-order valence-corrected chi connectivity index (χ3v) is 2.11. The van der Waals surface area contributed by atoms with Gasteiger partial charge >= 0.3 is 0 Å². The average Bonchev–Trinajstić information content (AvgIpc) is 2.87. The quantitative estimate of drug-likeness (QED) is 0.494. The fraction of sp³-hybridized carbons (Fsp3) is 0. The minimum absolute atomic E-state index is 1.71. The van der Waals surface area contributed by atoms with Gasteiger partial charge in [0.25, 0.3) is 0 Å². The first-order valence-electron chi connectivity index (χ1n) is 3.14. The second kappa shape index (κ2) is 11.1. The number of hydrogen-bond acceptors (Lipinski definition) is 4. The lowest BCUT2D eigenvalue weighted by Gasteiger charge is -1.39. The van der Waals surface area contributed by atoms with Crippen molar-refractivity contribution in [1.82, 2.24) is 0 Å². The summed E-state index contributed by atoms with van der Waals surface area (Å²) in [5.74, 6) is 0. The molecule has 0 unspecified atom stereocenters. The first-order valence-corrected chi connectivity index (χ1v) is 6.63. The van der Waals surface area contributed by atoms with Crippen molar-refractivity contribution in [2.24, 2.45) is 0 Å². The molecule has 0 aliphatic rings. The van der Waals surface area contributed by atoms with Crippen molar-refractivity contribution in [2.75, 3.05) is 0 Å². The van der Waals surface area contributed by atoms with Crippen LogP contribution >= 0.6 is 46.0 Å². The Labute approximate surface area is 91.5 Å². The Morgan fingerprint density at radius 2 is 0.833 bits per heavy atom. The summed E-state index contributed by atoms with van der Waals surface area (Å²) in [6, 6.07) is 8.07. The van der Waals surface area contributed by atoms with Gasteiger partial charge in [-0.25, -0.2) is 0 Å². The zero-order valence-corrected chi connectivity index (χ0v) is 9.75. The van der Waals surface area contributed by atoms with Gasteiger partial charge in [-0.2, -0.15) is 22.7 Å². The molecule has 2 rings (SSSR count). The van der Waals surface area contributed by atoms with Crippen LogP contribution in [-0.4, -0.2) is 0 Å². The van der Waals surface area contributed by atoms with Gasteiger partial charge in [0.15, 0.2) is 0 Å². The van der Waals surface area contributed by atoms with Crippen molar-refractivity contribution in [3.8, 4) is 0 Å². The fourth-order valence-corrected chi connectivity index (χ4v) is 1.36. The van der Waals surface area contributed by atoms with E-state index in [9.17, 15) is 0 Å². The second-order valence-corrected chi connectivity index (χ2v) is 3.22. The van der Waals surface area contributed by atoms with Gasteiger partial charge in [0.2, 0.25) is 0 Å². The monoisotopic (exact) mass is 234 g/mol. The van der Waals surface area contributed by atoms with E-state index in [0.29, 0.717) is 0 Å². The number of thiophene rings is 2. The van der Waals surface area contributed by atoms with Crippen LogP contribution in [0.1, 0.15) is 0 Å². The minimum atomic E-state index is 1.71. The SMILES string of the molecule is SS.c1ccsc1.c1ccsc1. The summed E-state index contributed by atoms with van der Waals surface area (Å²) in [6.07, 6.45) is 0. The number of rotatable bonds is 0. The van der Waals surface area contributed by atoms with Gasteiger partial charge in [-0.3, -0.25) is 0 Å². The molecule has 66 valence electrons. The summed E-state index contributed by atoms with van der Waals surface area (Å²) in [5, 5.41) is 8.17. The summed E-state index contributed by atoms with van der Waals surface area (Å²) in [7, 11) is 0. The molecule has 0 nitrogen and oxygen atoms in total. The van der Waals surface area contributed by atoms with Gasteiger partial charge in [-0.15, -0.1) is 23.3 Å². The number of thiol groups is 2. The molecule has 0 amide bonds. The highest BCUT2D eigenvalue weighted by Gasteiger charge is 1.59. The molecule has 0 saturated carbocycles. The van der Waals surface area contributed by atoms with Gasteiger partial charge in [0.05, 0.1) is 0 Å². The lowest BCUT2D eigenvalue weighted by atomic mass is 10.7. The third-order valence-electron chi connectivity index (χ3n) is 0.851. The zero-order valence-electron chi connectivity index (χ0n) is 6.33. The molecule has 0 radical (unpaired) electrons. The second-order valence-electron chi connectivity index (χ2n) is 1.59. The highest BCUT2D eigenvalue weighted by Crippen LogP contribution is 1.92. The maximum absolute atomic E-state index is 3.22. The predicted octanol–water partition coefficient (Wildman–Crippen LogP) is 4.26. The normalized spacial score (nSPS) is 7.17. The van der Waals surface area contributed by atoms with Crippen LogP contribution < -0.4 is 0 Å². The molecule has 0 atom stereocenters. The van der Waals surface area contributed by atoms with Crippen molar-refractivity contribution in [3.63, 3.8) is 0 Å². The first kappa shape index (κ1) is 12.1. The summed E-state index contributed by atoms with van der Waals surface area (Å²) < 4.78 is 0. The highest BCUT2D eigenvalue weighted by atomic mass is 33.1. The zero-order chi connectivity index (χ0) is 9.07. The first-order chi connectivity index (χ1) is 6.00. The van der Waals surface area contributed by atoms with Crippen molar-refractivity contribution in [2.45, 2.75) is 0 Å². The van der Waals surface area contributed by atoms with Crippen LogP contribution in [0, 0.1) is 0 Å². The molecule has 4 heteroatoms. The van der Waals surface area contributed by atoms with Crippen molar-refractivity contribution < 1.29 is 0 Å². The molecule has 0 aromatic carbocycles. The molecule has 2 aromatic heterocycles. The molecular formula is C8H10S4. The summed E-state index contributed by atoms with van der Waals surface area (Å²) in [6.45, 7) is 0. The van der Waals surface area contributed by atoms with E-state index < -0.39 is 0 Å². The van der Waals surface area contributed by atoms with Gasteiger partial charge in [0.1, 0.15) is 0 Å². The van der Waals surface area contributed by atoms with E-state index in [4.69, 9.17) is 0 Å². The topological polar surface area (TPSA) is 0 Å². The Bertz CT molecular complexity index is 150. The van der Waals surface area contributed by atoms with E-state index in [1.807, 2.05) is 45.8 Å². The molecular weight excluding hydrogens is 224 g/mol. The number of hydrogen-bond donors (Lipinski definition) is 2. The lowest BCUT2D eigenvalue weighted by molar-refractivity contribution is 2.03. The van der Waals surface area contributed by atoms with Crippen LogP contribution in [0.2, 0.25) is 0 Å². The van der Waals surface area contributed by atoms with E-state index in [1.54, 1.807) is 22.7 Å². The smallest absolute Gasteiger partial charge is 0.00934 e. The molecule has 0 spiro atoms. The van der Waals surface area contributed by atoms with Crippen LogP contribution in [0.15, 0.2) is 45.8 Å². The molecule has 2 heterocycles. The Morgan fingerprint density at radius 3 is 0.917 bits per heavy atom. The predicted molar refractivity (Wildman–Crippen MR) is 66.6 cm³/mol. The van der Waals surface area contributed by atoms with Crippen molar-refractivity contribution in [1.29, 1.82) is 0 Å². The molecule has 12 heavy (non-hydrogen) atoms. The standard InChI is InChI=1S/2C4H4S.H2S2/c2*1-2-4-5-3-1;1-2/h2*1-4H;1-2H. The Morgan fingerprint density at radius 1 is 0.583 bits per heavy atom. The highest BCUT2D eigenvalue weighted by molar-refractivity contribution is 8.59. The van der Waals surface area contributed by atoms with Crippen molar-refractivity contribution >= 4 is 46.0 Å². The minimum Gasteiger partial charge on any atom is -0.152 e. The summed E-state index contributed by atoms with van der Waals surface area (Å²) in [5.41, 5.74) is 0. The van der Waals surface area contributed by atoms with Gasteiger partial charge in [0, 0.05) is 0 Å². The maximum atomic E-state index is 3.22. The average molecular weight is 234 g/mol. The van der Waals surface area contributed by atoms with Crippen LogP contribution in [-0.2, 0) is 0 Å². The molecule has 2 aromatic rings. The Kier molecular flexibility index (Phi) is 11.2. The Hall–Kier alpha value is 0.1000. The van der Waals surface area contributed by atoms with Gasteiger partial charge in [-0.05, 0) is 21.5 Å². The third kappa shape index (κ3) is 8.20. The maximum Gasteiger partial charge on any atom is -0.00934 e. The van der Waals surface area contributed by atoms with Crippen LogP contribution in [0.3, 0.4) is 0 Å². The molecule has 0 fully saturated rings. The summed E-state index contributed by atoms with van der Waals surface area (Å²) >= 11 is 9.87. The van der Waals surface area contributed by atoms with Crippen LogP contribution in [0.4, 0.5) is 0 Å². The molecule has 0 aliphatic carbocycles. The molecule has 0 aliphatic heterocycles. The van der Waals surface area contributed by atoms with E-state index >= 15 is 0 Å². The van der Waals surface area contributed by atoms with Gasteiger partial charge < -0.3 is 0 Å². The molecule has 0 bridgehead atoms. The largest absolute Gasteiger partial charge is 0.152 e. The molecule has 0 saturated heterocycles. The van der Waals surface area contributed by atoms with E-state index in [0.717, 1.165) is 0 Å². The Balaban J connectivity index is 0.000000168.